The number of allylic oxidation sites excluding steroid dienone is 1. The number of nitrogens with zero attached hydrogens (tertiary/aromatic N) is 1. The van der Waals surface area contributed by atoms with Gasteiger partial charge in [-0.25, -0.2) is 0 Å². The fourth-order valence-corrected chi connectivity index (χ4v) is 4.13. The molecule has 4 nitrogen and oxygen atoms in total. The SMILES string of the molecule is C=C(C1=CCCC1CC(CC)OC)C(=NC)OC1CCC(NC)CC1. The lowest BCUT2D eigenvalue weighted by atomic mass is 9.89. The molecular weight excluding hydrogens is 312 g/mol. The van der Waals surface area contributed by atoms with Crippen molar-refractivity contribution in [3.05, 3.63) is 23.8 Å². The van der Waals surface area contributed by atoms with Crippen LogP contribution in [0.15, 0.2) is 28.8 Å². The van der Waals surface area contributed by atoms with E-state index in [2.05, 4.69) is 29.9 Å². The second kappa shape index (κ2) is 10.1. The van der Waals surface area contributed by atoms with Crippen LogP contribution in [0.1, 0.15) is 58.3 Å². The van der Waals surface area contributed by atoms with Gasteiger partial charge >= 0.3 is 0 Å². The first-order valence-electron chi connectivity index (χ1n) is 9.86. The molecule has 2 rings (SSSR count). The molecule has 1 saturated carbocycles. The largest absolute Gasteiger partial charge is 0.474 e. The van der Waals surface area contributed by atoms with E-state index in [0.29, 0.717) is 18.1 Å². The van der Waals surface area contributed by atoms with E-state index < -0.39 is 0 Å². The van der Waals surface area contributed by atoms with Gasteiger partial charge in [-0.05, 0) is 69.9 Å². The number of rotatable bonds is 8. The fraction of sp³-hybridized carbons (Fsp3) is 0.762. The molecule has 0 bridgehead atoms. The van der Waals surface area contributed by atoms with Crippen molar-refractivity contribution in [2.24, 2.45) is 10.9 Å². The highest BCUT2D eigenvalue weighted by atomic mass is 16.5. The lowest BCUT2D eigenvalue weighted by molar-refractivity contribution is 0.0815. The topological polar surface area (TPSA) is 42.9 Å². The van der Waals surface area contributed by atoms with Crippen LogP contribution >= 0.6 is 0 Å². The minimum Gasteiger partial charge on any atom is -0.474 e. The molecule has 0 amide bonds. The van der Waals surface area contributed by atoms with Crippen LogP contribution in [0.2, 0.25) is 0 Å². The maximum atomic E-state index is 6.26. The number of nitrogens with one attached hydrogen (secondary N) is 1. The van der Waals surface area contributed by atoms with Crippen LogP contribution in [-0.4, -0.2) is 45.4 Å². The lowest BCUT2D eigenvalue weighted by Crippen LogP contribution is -2.34. The number of ether oxygens (including phenoxy) is 2. The zero-order valence-electron chi connectivity index (χ0n) is 16.5. The summed E-state index contributed by atoms with van der Waals surface area (Å²) in [5.74, 6) is 1.24. The Bertz CT molecular complexity index is 486. The lowest BCUT2D eigenvalue weighted by Gasteiger charge is -2.30. The van der Waals surface area contributed by atoms with E-state index in [1.807, 2.05) is 21.2 Å². The normalized spacial score (nSPS) is 28.6. The van der Waals surface area contributed by atoms with E-state index in [4.69, 9.17) is 9.47 Å². The van der Waals surface area contributed by atoms with E-state index in [0.717, 1.165) is 43.6 Å². The van der Waals surface area contributed by atoms with Gasteiger partial charge in [0.25, 0.3) is 0 Å². The number of aliphatic imine (C=N–C) groups is 1. The van der Waals surface area contributed by atoms with Crippen molar-refractivity contribution in [2.75, 3.05) is 21.2 Å². The first kappa shape index (κ1) is 20.2. The average molecular weight is 349 g/mol. The fourth-order valence-electron chi connectivity index (χ4n) is 4.13. The average Bonchev–Trinajstić information content (AvgIpc) is 3.12. The highest BCUT2D eigenvalue weighted by molar-refractivity contribution is 5.97. The Morgan fingerprint density at radius 1 is 1.32 bits per heavy atom. The number of hydrogen-bond donors (Lipinski definition) is 1. The van der Waals surface area contributed by atoms with Crippen LogP contribution in [0.3, 0.4) is 0 Å². The maximum absolute atomic E-state index is 6.26. The molecule has 2 unspecified atom stereocenters. The molecule has 2 atom stereocenters. The van der Waals surface area contributed by atoms with Gasteiger partial charge in [0, 0.05) is 25.8 Å². The van der Waals surface area contributed by atoms with Crippen LogP contribution in [0.25, 0.3) is 0 Å². The first-order valence-corrected chi connectivity index (χ1v) is 9.86. The minimum atomic E-state index is 0.267. The monoisotopic (exact) mass is 348 g/mol. The van der Waals surface area contributed by atoms with Crippen LogP contribution in [-0.2, 0) is 9.47 Å². The van der Waals surface area contributed by atoms with E-state index >= 15 is 0 Å². The van der Waals surface area contributed by atoms with Crippen molar-refractivity contribution >= 4 is 5.90 Å². The molecule has 0 aromatic rings. The quantitative estimate of drug-likeness (QED) is 0.526. The molecule has 2 aliphatic carbocycles. The van der Waals surface area contributed by atoms with Crippen LogP contribution in [0.5, 0.6) is 0 Å². The summed E-state index contributed by atoms with van der Waals surface area (Å²) in [6, 6.07) is 0.631. The third kappa shape index (κ3) is 5.42. The molecule has 0 saturated heterocycles. The molecule has 0 radical (unpaired) electrons. The van der Waals surface area contributed by atoms with Gasteiger partial charge < -0.3 is 14.8 Å². The van der Waals surface area contributed by atoms with E-state index in [-0.39, 0.29) is 6.10 Å². The Morgan fingerprint density at radius 2 is 2.04 bits per heavy atom. The van der Waals surface area contributed by atoms with Crippen molar-refractivity contribution in [1.82, 2.24) is 5.32 Å². The summed E-state index contributed by atoms with van der Waals surface area (Å²) in [5, 5.41) is 3.37. The molecule has 0 aromatic carbocycles. The zero-order valence-corrected chi connectivity index (χ0v) is 16.5. The first-order chi connectivity index (χ1) is 12.1. The van der Waals surface area contributed by atoms with Crippen molar-refractivity contribution < 1.29 is 9.47 Å². The standard InChI is InChI=1S/C21H36N2O2/c1-6-18(24-5)14-16-8-7-9-20(16)15(2)21(23-4)25-19-12-10-17(22-3)11-13-19/h9,16-19,22H,2,6-8,10-14H2,1,3-5H3. The second-order valence-corrected chi connectivity index (χ2v) is 7.32. The highest BCUT2D eigenvalue weighted by Crippen LogP contribution is 2.36. The predicted octanol–water partition coefficient (Wildman–Crippen LogP) is 4.27. The van der Waals surface area contributed by atoms with Crippen molar-refractivity contribution in [1.29, 1.82) is 0 Å². The van der Waals surface area contributed by atoms with Crippen molar-refractivity contribution in [3.8, 4) is 0 Å². The smallest absolute Gasteiger partial charge is 0.215 e. The Kier molecular flexibility index (Phi) is 8.17. The van der Waals surface area contributed by atoms with Gasteiger partial charge in [-0.2, -0.15) is 0 Å². The zero-order chi connectivity index (χ0) is 18.2. The van der Waals surface area contributed by atoms with Crippen LogP contribution in [0, 0.1) is 5.92 Å². The summed E-state index contributed by atoms with van der Waals surface area (Å²) in [4.78, 5) is 4.43. The molecular formula is C21H36N2O2. The summed E-state index contributed by atoms with van der Waals surface area (Å²) in [6.45, 7) is 6.52. The van der Waals surface area contributed by atoms with Gasteiger partial charge in [0.05, 0.1) is 6.10 Å². The maximum Gasteiger partial charge on any atom is 0.215 e. The van der Waals surface area contributed by atoms with E-state index in [1.165, 1.54) is 24.8 Å². The molecule has 0 aromatic heterocycles. The van der Waals surface area contributed by atoms with E-state index in [9.17, 15) is 0 Å². The van der Waals surface area contributed by atoms with Crippen molar-refractivity contribution in [2.45, 2.75) is 76.5 Å². The summed E-state index contributed by atoms with van der Waals surface area (Å²) in [7, 11) is 5.67. The molecule has 2 aliphatic rings. The Morgan fingerprint density at radius 3 is 2.60 bits per heavy atom. The van der Waals surface area contributed by atoms with Gasteiger partial charge in [-0.15, -0.1) is 0 Å². The molecule has 1 N–H and O–H groups in total. The van der Waals surface area contributed by atoms with E-state index in [1.54, 1.807) is 0 Å². The highest BCUT2D eigenvalue weighted by Gasteiger charge is 2.28. The van der Waals surface area contributed by atoms with Gasteiger partial charge in [0.1, 0.15) is 6.10 Å². The van der Waals surface area contributed by atoms with Gasteiger partial charge in [0.15, 0.2) is 0 Å². The number of hydrogen-bond acceptors (Lipinski definition) is 4. The third-order valence-corrected chi connectivity index (χ3v) is 5.83. The molecule has 0 spiro atoms. The summed E-state index contributed by atoms with van der Waals surface area (Å²) in [6.07, 6.45) is 11.8. The van der Waals surface area contributed by atoms with Crippen LogP contribution < -0.4 is 5.32 Å². The molecule has 142 valence electrons. The minimum absolute atomic E-state index is 0.267. The molecule has 4 heteroatoms. The van der Waals surface area contributed by atoms with Crippen LogP contribution in [0.4, 0.5) is 0 Å². The summed E-state index contributed by atoms with van der Waals surface area (Å²) < 4.78 is 11.9. The molecule has 0 aliphatic heterocycles. The predicted molar refractivity (Wildman–Crippen MR) is 105 cm³/mol. The van der Waals surface area contributed by atoms with Gasteiger partial charge in [-0.1, -0.05) is 19.6 Å². The summed E-state index contributed by atoms with van der Waals surface area (Å²) in [5.41, 5.74) is 2.30. The van der Waals surface area contributed by atoms with Gasteiger partial charge in [-0.3, -0.25) is 4.99 Å². The third-order valence-electron chi connectivity index (χ3n) is 5.83. The van der Waals surface area contributed by atoms with Gasteiger partial charge in [0.2, 0.25) is 5.90 Å². The second-order valence-electron chi connectivity index (χ2n) is 7.32. The number of methoxy groups -OCH3 is 1. The molecule has 0 heterocycles. The molecule has 1 fully saturated rings. The van der Waals surface area contributed by atoms with Crippen molar-refractivity contribution in [3.63, 3.8) is 0 Å². The Balaban J connectivity index is 1.94. The molecule has 25 heavy (non-hydrogen) atoms. The Hall–Kier alpha value is -1.13. The Labute approximate surface area is 153 Å². The summed E-state index contributed by atoms with van der Waals surface area (Å²) >= 11 is 0.